The highest BCUT2D eigenvalue weighted by Crippen LogP contribution is 2.15. The highest BCUT2D eigenvalue weighted by atomic mass is 32.2. The van der Waals surface area contributed by atoms with Crippen molar-refractivity contribution in [2.75, 3.05) is 6.54 Å². The van der Waals surface area contributed by atoms with Crippen LogP contribution in [0.2, 0.25) is 0 Å². The summed E-state index contributed by atoms with van der Waals surface area (Å²) in [5.74, 6) is 0.462. The zero-order valence-corrected chi connectivity index (χ0v) is 11.9. The molecule has 0 spiro atoms. The van der Waals surface area contributed by atoms with Gasteiger partial charge in [0.25, 0.3) is 0 Å². The molecule has 0 radical (unpaired) electrons. The van der Waals surface area contributed by atoms with E-state index in [2.05, 4.69) is 16.9 Å². The Morgan fingerprint density at radius 1 is 1.11 bits per heavy atom. The standard InChI is InChI=1S/C15H19NO2S/c1-13-8-10-15(11-9-13)19(17,18)16-12-4-7-14-5-2-3-6-14/h2-3,5-6,8-11,14,16H,4,7,12H2,1H3. The smallest absolute Gasteiger partial charge is 0.211 e. The highest BCUT2D eigenvalue weighted by molar-refractivity contribution is 7.89. The van der Waals surface area contributed by atoms with Crippen LogP contribution < -0.4 is 4.72 Å². The van der Waals surface area contributed by atoms with Gasteiger partial charge in [0.05, 0.1) is 4.90 Å². The van der Waals surface area contributed by atoms with E-state index in [0.29, 0.717) is 17.4 Å². The number of nitrogens with one attached hydrogen (secondary N) is 1. The summed E-state index contributed by atoms with van der Waals surface area (Å²) in [4.78, 5) is 0.332. The molecule has 0 aromatic heterocycles. The first-order valence-corrected chi connectivity index (χ1v) is 7.97. The lowest BCUT2D eigenvalue weighted by atomic mass is 10.1. The molecule has 0 aliphatic heterocycles. The lowest BCUT2D eigenvalue weighted by Gasteiger charge is -2.08. The Hall–Kier alpha value is -1.39. The maximum absolute atomic E-state index is 12.0. The third kappa shape index (κ3) is 4.04. The molecule has 1 aromatic carbocycles. The number of allylic oxidation sites excluding steroid dienone is 4. The molecule has 19 heavy (non-hydrogen) atoms. The normalized spacial score (nSPS) is 15.2. The molecular formula is C15H19NO2S. The van der Waals surface area contributed by atoms with Crippen molar-refractivity contribution in [3.63, 3.8) is 0 Å². The summed E-state index contributed by atoms with van der Waals surface area (Å²) in [6, 6.07) is 6.89. The van der Waals surface area contributed by atoms with Gasteiger partial charge in [-0.15, -0.1) is 0 Å². The molecule has 1 aliphatic rings. The van der Waals surface area contributed by atoms with E-state index in [0.717, 1.165) is 18.4 Å². The summed E-state index contributed by atoms with van der Waals surface area (Å²) in [5, 5.41) is 0. The topological polar surface area (TPSA) is 46.2 Å². The fourth-order valence-electron chi connectivity index (χ4n) is 2.02. The monoisotopic (exact) mass is 277 g/mol. The van der Waals surface area contributed by atoms with Crippen molar-refractivity contribution in [3.8, 4) is 0 Å². The van der Waals surface area contributed by atoms with Crippen molar-refractivity contribution < 1.29 is 8.42 Å². The van der Waals surface area contributed by atoms with Crippen LogP contribution in [0.3, 0.4) is 0 Å². The molecule has 2 rings (SSSR count). The largest absolute Gasteiger partial charge is 0.240 e. The van der Waals surface area contributed by atoms with Crippen LogP contribution in [-0.2, 0) is 10.0 Å². The highest BCUT2D eigenvalue weighted by Gasteiger charge is 2.13. The average molecular weight is 277 g/mol. The van der Waals surface area contributed by atoms with Crippen LogP contribution in [0.4, 0.5) is 0 Å². The first kappa shape index (κ1) is 14.0. The molecule has 0 fully saturated rings. The van der Waals surface area contributed by atoms with Crippen molar-refractivity contribution >= 4 is 10.0 Å². The second-order valence-corrected chi connectivity index (χ2v) is 6.55. The molecule has 0 bridgehead atoms. The third-order valence-electron chi connectivity index (χ3n) is 3.17. The van der Waals surface area contributed by atoms with Crippen molar-refractivity contribution in [2.24, 2.45) is 5.92 Å². The van der Waals surface area contributed by atoms with Crippen LogP contribution in [0.5, 0.6) is 0 Å². The lowest BCUT2D eigenvalue weighted by molar-refractivity contribution is 0.572. The minimum Gasteiger partial charge on any atom is -0.211 e. The van der Waals surface area contributed by atoms with E-state index in [1.165, 1.54) is 0 Å². The van der Waals surface area contributed by atoms with Crippen LogP contribution >= 0.6 is 0 Å². The van der Waals surface area contributed by atoms with Crippen molar-refractivity contribution in [2.45, 2.75) is 24.7 Å². The van der Waals surface area contributed by atoms with E-state index in [9.17, 15) is 8.42 Å². The van der Waals surface area contributed by atoms with E-state index in [4.69, 9.17) is 0 Å². The molecule has 0 saturated heterocycles. The Morgan fingerprint density at radius 2 is 1.74 bits per heavy atom. The first-order valence-electron chi connectivity index (χ1n) is 6.49. The van der Waals surface area contributed by atoms with Crippen LogP contribution in [0.25, 0.3) is 0 Å². The van der Waals surface area contributed by atoms with Gasteiger partial charge in [0.15, 0.2) is 0 Å². The fraction of sp³-hybridized carbons (Fsp3) is 0.333. The molecule has 1 N–H and O–H groups in total. The third-order valence-corrected chi connectivity index (χ3v) is 4.64. The molecule has 0 heterocycles. The zero-order chi connectivity index (χ0) is 13.7. The Balaban J connectivity index is 1.82. The van der Waals surface area contributed by atoms with Crippen LogP contribution in [-0.4, -0.2) is 15.0 Å². The van der Waals surface area contributed by atoms with Crippen LogP contribution in [0.15, 0.2) is 53.5 Å². The SMILES string of the molecule is Cc1ccc(S(=O)(=O)NCCCC2C=CC=C2)cc1. The lowest BCUT2D eigenvalue weighted by Crippen LogP contribution is -2.25. The predicted molar refractivity (Wildman–Crippen MR) is 77.4 cm³/mol. The number of aryl methyl sites for hydroxylation is 1. The van der Waals surface area contributed by atoms with E-state index >= 15 is 0 Å². The van der Waals surface area contributed by atoms with Gasteiger partial charge in [-0.1, -0.05) is 42.0 Å². The Morgan fingerprint density at radius 3 is 2.37 bits per heavy atom. The maximum atomic E-state index is 12.0. The Kier molecular flexibility index (Phi) is 4.56. The van der Waals surface area contributed by atoms with Gasteiger partial charge < -0.3 is 0 Å². The Labute approximate surface area is 115 Å². The molecule has 3 nitrogen and oxygen atoms in total. The predicted octanol–water partition coefficient (Wildman–Crippen LogP) is 2.80. The van der Waals surface area contributed by atoms with Crippen molar-refractivity contribution in [1.29, 1.82) is 0 Å². The molecule has 0 saturated carbocycles. The van der Waals surface area contributed by atoms with E-state index in [1.807, 2.05) is 31.2 Å². The molecule has 1 aliphatic carbocycles. The second-order valence-electron chi connectivity index (χ2n) is 4.79. The van der Waals surface area contributed by atoms with Gasteiger partial charge in [-0.25, -0.2) is 13.1 Å². The quantitative estimate of drug-likeness (QED) is 0.813. The summed E-state index contributed by atoms with van der Waals surface area (Å²) in [5.41, 5.74) is 1.05. The molecule has 0 amide bonds. The zero-order valence-electron chi connectivity index (χ0n) is 11.0. The van der Waals surface area contributed by atoms with Crippen molar-refractivity contribution in [1.82, 2.24) is 4.72 Å². The minimum atomic E-state index is -3.36. The van der Waals surface area contributed by atoms with Crippen molar-refractivity contribution in [3.05, 3.63) is 54.1 Å². The number of rotatable bonds is 6. The molecule has 0 atom stereocenters. The summed E-state index contributed by atoms with van der Waals surface area (Å²) in [6.07, 6.45) is 10.1. The van der Waals surface area contributed by atoms with Gasteiger partial charge >= 0.3 is 0 Å². The number of hydrogen-bond acceptors (Lipinski definition) is 2. The minimum absolute atomic E-state index is 0.332. The Bertz CT molecular complexity index is 559. The van der Waals surface area contributed by atoms with Gasteiger partial charge in [0.2, 0.25) is 10.0 Å². The summed E-state index contributed by atoms with van der Waals surface area (Å²) >= 11 is 0. The summed E-state index contributed by atoms with van der Waals surface area (Å²) < 4.78 is 26.6. The molecular weight excluding hydrogens is 258 g/mol. The second kappa shape index (κ2) is 6.17. The van der Waals surface area contributed by atoms with Gasteiger partial charge in [-0.05, 0) is 37.8 Å². The van der Waals surface area contributed by atoms with E-state index in [-0.39, 0.29) is 0 Å². The van der Waals surface area contributed by atoms with Crippen LogP contribution in [0.1, 0.15) is 18.4 Å². The fourth-order valence-corrected chi connectivity index (χ4v) is 3.09. The van der Waals surface area contributed by atoms with Gasteiger partial charge in [0.1, 0.15) is 0 Å². The number of sulfonamides is 1. The molecule has 4 heteroatoms. The van der Waals surface area contributed by atoms with Gasteiger partial charge in [-0.2, -0.15) is 0 Å². The average Bonchev–Trinajstić information content (AvgIpc) is 2.88. The van der Waals surface area contributed by atoms with Gasteiger partial charge in [0, 0.05) is 6.54 Å². The van der Waals surface area contributed by atoms with Crippen LogP contribution in [0, 0.1) is 12.8 Å². The molecule has 102 valence electrons. The number of hydrogen-bond donors (Lipinski definition) is 1. The summed E-state index contributed by atoms with van der Waals surface area (Å²) in [7, 11) is -3.36. The molecule has 0 unspecified atom stereocenters. The maximum Gasteiger partial charge on any atom is 0.240 e. The molecule has 1 aromatic rings. The van der Waals surface area contributed by atoms with Gasteiger partial charge in [-0.3, -0.25) is 0 Å². The summed E-state index contributed by atoms with van der Waals surface area (Å²) in [6.45, 7) is 2.42. The number of benzene rings is 1. The van der Waals surface area contributed by atoms with E-state index < -0.39 is 10.0 Å². The first-order chi connectivity index (χ1) is 9.08. The van der Waals surface area contributed by atoms with E-state index in [1.54, 1.807) is 12.1 Å².